The second-order valence-corrected chi connectivity index (χ2v) is 7.65. The largest absolute Gasteiger partial charge is 0.306 e. The third-order valence-corrected chi connectivity index (χ3v) is 5.39. The summed E-state index contributed by atoms with van der Waals surface area (Å²) in [6.07, 6.45) is 6.25. The summed E-state index contributed by atoms with van der Waals surface area (Å²) in [5.41, 5.74) is 0.311. The highest BCUT2D eigenvalue weighted by molar-refractivity contribution is 7.89. The summed E-state index contributed by atoms with van der Waals surface area (Å²) < 4.78 is 26.9. The van der Waals surface area contributed by atoms with Gasteiger partial charge in [0.2, 0.25) is 10.0 Å². The van der Waals surface area contributed by atoms with Gasteiger partial charge in [-0.05, 0) is 24.3 Å². The van der Waals surface area contributed by atoms with Crippen molar-refractivity contribution in [2.24, 2.45) is 0 Å². The van der Waals surface area contributed by atoms with E-state index < -0.39 is 15.9 Å². The number of imidazole rings is 1. The lowest BCUT2D eigenvalue weighted by Crippen LogP contribution is -2.22. The lowest BCUT2D eigenvalue weighted by Gasteiger charge is -2.11. The number of hydrogen-bond donors (Lipinski definition) is 1. The predicted octanol–water partition coefficient (Wildman–Crippen LogP) is 1.16. The van der Waals surface area contributed by atoms with Gasteiger partial charge >= 0.3 is 0 Å². The Kier molecular flexibility index (Phi) is 4.78. The van der Waals surface area contributed by atoms with Gasteiger partial charge in [0.05, 0.1) is 4.90 Å². The SMILES string of the molecule is CN(C)S(=O)(=O)c1ccc(C(=O)Nc2cc(-n3ccnc3)ncn2)cc1. The molecule has 26 heavy (non-hydrogen) atoms. The number of amides is 1. The van der Waals surface area contributed by atoms with Gasteiger partial charge in [0.1, 0.15) is 24.3 Å². The zero-order valence-electron chi connectivity index (χ0n) is 14.1. The number of sulfonamides is 1. The maximum atomic E-state index is 12.4. The molecule has 10 heteroatoms. The van der Waals surface area contributed by atoms with Gasteiger partial charge in [-0.1, -0.05) is 0 Å². The first-order valence-corrected chi connectivity index (χ1v) is 8.96. The fraction of sp³-hybridized carbons (Fsp3) is 0.125. The second-order valence-electron chi connectivity index (χ2n) is 5.50. The van der Waals surface area contributed by atoms with Gasteiger partial charge < -0.3 is 5.32 Å². The van der Waals surface area contributed by atoms with E-state index in [2.05, 4.69) is 20.3 Å². The third-order valence-electron chi connectivity index (χ3n) is 3.56. The molecule has 0 aliphatic heterocycles. The molecule has 1 aromatic carbocycles. The molecule has 0 aliphatic rings. The molecule has 0 aliphatic carbocycles. The fourth-order valence-corrected chi connectivity index (χ4v) is 3.03. The number of anilines is 1. The Hall–Kier alpha value is -3.11. The Labute approximate surface area is 150 Å². The van der Waals surface area contributed by atoms with Crippen molar-refractivity contribution in [1.82, 2.24) is 23.8 Å². The van der Waals surface area contributed by atoms with E-state index in [9.17, 15) is 13.2 Å². The first-order chi connectivity index (χ1) is 12.4. The van der Waals surface area contributed by atoms with Crippen molar-refractivity contribution in [3.05, 3.63) is 60.9 Å². The molecule has 9 nitrogen and oxygen atoms in total. The zero-order chi connectivity index (χ0) is 18.7. The van der Waals surface area contributed by atoms with Crippen LogP contribution >= 0.6 is 0 Å². The van der Waals surface area contributed by atoms with E-state index in [1.807, 2.05) is 0 Å². The van der Waals surface area contributed by atoms with Crippen LogP contribution in [0.1, 0.15) is 10.4 Å². The highest BCUT2D eigenvalue weighted by atomic mass is 32.2. The summed E-state index contributed by atoms with van der Waals surface area (Å²) >= 11 is 0. The van der Waals surface area contributed by atoms with Gasteiger partial charge in [-0.2, -0.15) is 0 Å². The summed E-state index contributed by atoms with van der Waals surface area (Å²) in [4.78, 5) is 24.5. The van der Waals surface area contributed by atoms with Crippen molar-refractivity contribution in [3.8, 4) is 5.82 Å². The standard InChI is InChI=1S/C16H16N6O3S/c1-21(2)26(24,25)13-5-3-12(4-6-13)16(23)20-14-9-15(19-10-18-14)22-8-7-17-11-22/h3-11H,1-2H3,(H,18,19,20,23). The van der Waals surface area contributed by atoms with E-state index in [1.54, 1.807) is 29.4 Å². The molecule has 1 amide bonds. The highest BCUT2D eigenvalue weighted by Gasteiger charge is 2.17. The number of hydrogen-bond acceptors (Lipinski definition) is 6. The minimum absolute atomic E-state index is 0.114. The minimum Gasteiger partial charge on any atom is -0.306 e. The third kappa shape index (κ3) is 3.60. The van der Waals surface area contributed by atoms with Crippen LogP contribution in [0.15, 0.2) is 60.3 Å². The van der Waals surface area contributed by atoms with Gasteiger partial charge in [-0.15, -0.1) is 0 Å². The molecule has 3 aromatic rings. The number of carbonyl (C=O) groups is 1. The Morgan fingerprint density at radius 3 is 2.50 bits per heavy atom. The molecular formula is C16H16N6O3S. The van der Waals surface area contributed by atoms with Crippen LogP contribution in [-0.4, -0.2) is 52.2 Å². The molecule has 0 saturated carbocycles. The molecule has 134 valence electrons. The van der Waals surface area contributed by atoms with E-state index >= 15 is 0 Å². The van der Waals surface area contributed by atoms with Crippen molar-refractivity contribution in [1.29, 1.82) is 0 Å². The Morgan fingerprint density at radius 2 is 1.88 bits per heavy atom. The molecule has 0 fully saturated rings. The van der Waals surface area contributed by atoms with Gasteiger partial charge in [-0.3, -0.25) is 9.36 Å². The Morgan fingerprint density at radius 1 is 1.15 bits per heavy atom. The fourth-order valence-electron chi connectivity index (χ4n) is 2.13. The first kappa shape index (κ1) is 17.7. The normalized spacial score (nSPS) is 11.5. The molecule has 0 spiro atoms. The molecular weight excluding hydrogens is 356 g/mol. The van der Waals surface area contributed by atoms with Crippen LogP contribution in [0.2, 0.25) is 0 Å². The molecule has 0 saturated heterocycles. The number of rotatable bonds is 5. The van der Waals surface area contributed by atoms with Crippen molar-refractivity contribution in [2.45, 2.75) is 4.90 Å². The molecule has 0 bridgehead atoms. The van der Waals surface area contributed by atoms with Crippen LogP contribution in [0.4, 0.5) is 5.82 Å². The maximum Gasteiger partial charge on any atom is 0.256 e. The molecule has 0 atom stereocenters. The minimum atomic E-state index is -3.54. The summed E-state index contributed by atoms with van der Waals surface area (Å²) in [5.74, 6) is 0.466. The molecule has 0 radical (unpaired) electrons. The topological polar surface area (TPSA) is 110 Å². The van der Waals surface area contributed by atoms with Crippen LogP contribution < -0.4 is 5.32 Å². The summed E-state index contributed by atoms with van der Waals surface area (Å²) in [7, 11) is -0.642. The van der Waals surface area contributed by atoms with Crippen LogP contribution in [0, 0.1) is 0 Å². The second kappa shape index (κ2) is 7.02. The lowest BCUT2D eigenvalue weighted by atomic mass is 10.2. The zero-order valence-corrected chi connectivity index (χ0v) is 14.9. The number of aromatic nitrogens is 4. The van der Waals surface area contributed by atoms with E-state index in [0.717, 1.165) is 4.31 Å². The van der Waals surface area contributed by atoms with Crippen molar-refractivity contribution in [3.63, 3.8) is 0 Å². The predicted molar refractivity (Wildman–Crippen MR) is 94.4 cm³/mol. The molecule has 2 aromatic heterocycles. The van der Waals surface area contributed by atoms with E-state index in [4.69, 9.17) is 0 Å². The van der Waals surface area contributed by atoms with Crippen molar-refractivity contribution < 1.29 is 13.2 Å². The quantitative estimate of drug-likeness (QED) is 0.720. The van der Waals surface area contributed by atoms with Crippen molar-refractivity contribution >= 4 is 21.7 Å². The summed E-state index contributed by atoms with van der Waals surface area (Å²) in [6.45, 7) is 0. The molecule has 3 rings (SSSR count). The lowest BCUT2D eigenvalue weighted by molar-refractivity contribution is 0.102. The van der Waals surface area contributed by atoms with Crippen LogP contribution in [0.25, 0.3) is 5.82 Å². The van der Waals surface area contributed by atoms with E-state index in [1.165, 1.54) is 44.7 Å². The van der Waals surface area contributed by atoms with Crippen LogP contribution in [0.3, 0.4) is 0 Å². The molecule has 2 heterocycles. The number of carbonyl (C=O) groups excluding carboxylic acids is 1. The number of benzene rings is 1. The summed E-state index contributed by atoms with van der Waals surface area (Å²) in [6, 6.07) is 7.28. The first-order valence-electron chi connectivity index (χ1n) is 7.52. The maximum absolute atomic E-state index is 12.4. The van der Waals surface area contributed by atoms with E-state index in [-0.39, 0.29) is 4.90 Å². The molecule has 0 unspecified atom stereocenters. The van der Waals surface area contributed by atoms with Crippen LogP contribution in [0.5, 0.6) is 0 Å². The van der Waals surface area contributed by atoms with Crippen LogP contribution in [-0.2, 0) is 10.0 Å². The average molecular weight is 372 g/mol. The number of nitrogens with one attached hydrogen (secondary N) is 1. The monoisotopic (exact) mass is 372 g/mol. The van der Waals surface area contributed by atoms with Gasteiger partial charge in [-0.25, -0.2) is 27.7 Å². The van der Waals surface area contributed by atoms with Crippen molar-refractivity contribution in [2.75, 3.05) is 19.4 Å². The smallest absolute Gasteiger partial charge is 0.256 e. The Balaban J connectivity index is 1.78. The average Bonchev–Trinajstić information content (AvgIpc) is 3.16. The summed E-state index contributed by atoms with van der Waals surface area (Å²) in [5, 5.41) is 2.66. The molecule has 1 N–H and O–H groups in total. The number of nitrogens with zero attached hydrogens (tertiary/aromatic N) is 5. The van der Waals surface area contributed by atoms with Gasteiger partial charge in [0.15, 0.2) is 0 Å². The Bertz CT molecular complexity index is 1010. The van der Waals surface area contributed by atoms with E-state index in [0.29, 0.717) is 17.2 Å². The highest BCUT2D eigenvalue weighted by Crippen LogP contribution is 2.15. The van der Waals surface area contributed by atoms with Gasteiger partial charge in [0, 0.05) is 38.1 Å². The van der Waals surface area contributed by atoms with Gasteiger partial charge in [0.25, 0.3) is 5.91 Å².